The Balaban J connectivity index is 0.00000225. The van der Waals surface area contributed by atoms with Crippen LogP contribution in [0.25, 0.3) is 0 Å². The molecule has 2 heterocycles. The molecule has 3 rings (SSSR count). The van der Waals surface area contributed by atoms with Gasteiger partial charge in [0.1, 0.15) is 0 Å². The van der Waals surface area contributed by atoms with Crippen LogP contribution in [0.3, 0.4) is 0 Å². The van der Waals surface area contributed by atoms with E-state index in [1.54, 1.807) is 0 Å². The number of amides is 2. The molecule has 0 bridgehead atoms. The number of hydrogen-bond donors (Lipinski definition) is 2. The number of benzene rings is 1. The molecule has 2 aliphatic heterocycles. The number of hydrogen-bond acceptors (Lipinski definition) is 3. The molecule has 0 aromatic heterocycles. The van der Waals surface area contributed by atoms with E-state index in [1.807, 2.05) is 29.2 Å². The van der Waals surface area contributed by atoms with Crippen molar-refractivity contribution in [2.75, 3.05) is 26.2 Å². The van der Waals surface area contributed by atoms with Crippen molar-refractivity contribution in [2.24, 2.45) is 5.92 Å². The minimum atomic E-state index is 0. The lowest BCUT2D eigenvalue weighted by molar-refractivity contribution is -0.125. The van der Waals surface area contributed by atoms with E-state index in [0.29, 0.717) is 6.54 Å². The van der Waals surface area contributed by atoms with E-state index in [1.165, 1.54) is 6.42 Å². The second-order valence-electron chi connectivity index (χ2n) is 6.79. The van der Waals surface area contributed by atoms with Crippen molar-refractivity contribution in [1.29, 1.82) is 0 Å². The predicted octanol–water partition coefficient (Wildman–Crippen LogP) is 2.35. The highest BCUT2D eigenvalue weighted by Gasteiger charge is 2.21. The van der Waals surface area contributed by atoms with E-state index in [0.717, 1.165) is 63.0 Å². The summed E-state index contributed by atoms with van der Waals surface area (Å²) in [6.45, 7) is 4.11. The number of likely N-dealkylation sites (tertiary alicyclic amines) is 1. The number of carbonyl (C=O) groups excluding carboxylic acids is 2. The zero-order valence-corrected chi connectivity index (χ0v) is 15.4. The average molecular weight is 366 g/mol. The third-order valence-corrected chi connectivity index (χ3v) is 5.02. The monoisotopic (exact) mass is 365 g/mol. The summed E-state index contributed by atoms with van der Waals surface area (Å²) in [4.78, 5) is 26.5. The largest absolute Gasteiger partial charge is 0.352 e. The highest BCUT2D eigenvalue weighted by molar-refractivity contribution is 5.94. The lowest BCUT2D eigenvalue weighted by Crippen LogP contribution is -2.37. The molecule has 2 amide bonds. The van der Waals surface area contributed by atoms with Crippen molar-refractivity contribution in [1.82, 2.24) is 15.5 Å². The molecule has 0 spiro atoms. The maximum absolute atomic E-state index is 12.4. The summed E-state index contributed by atoms with van der Waals surface area (Å²) in [5, 5.41) is 6.29. The molecule has 2 N–H and O–H groups in total. The Morgan fingerprint density at radius 1 is 1.04 bits per heavy atom. The summed E-state index contributed by atoms with van der Waals surface area (Å²) in [7, 11) is 0. The first-order valence-corrected chi connectivity index (χ1v) is 9.11. The third kappa shape index (κ3) is 5.44. The SMILES string of the molecule is Cl.O=C(NCc1ccc(C(=O)N2CCCCC2)cc1)C1CCNCC1. The Morgan fingerprint density at radius 2 is 1.68 bits per heavy atom. The van der Waals surface area contributed by atoms with Crippen LogP contribution in [0.1, 0.15) is 48.0 Å². The van der Waals surface area contributed by atoms with Crippen LogP contribution in [0.5, 0.6) is 0 Å². The van der Waals surface area contributed by atoms with Gasteiger partial charge in [-0.1, -0.05) is 12.1 Å². The van der Waals surface area contributed by atoms with Crippen LogP contribution in [0.4, 0.5) is 0 Å². The van der Waals surface area contributed by atoms with Gasteiger partial charge >= 0.3 is 0 Å². The molecule has 2 fully saturated rings. The first-order chi connectivity index (χ1) is 11.7. The third-order valence-electron chi connectivity index (χ3n) is 5.02. The van der Waals surface area contributed by atoms with Crippen molar-refractivity contribution in [2.45, 2.75) is 38.6 Å². The molecular weight excluding hydrogens is 338 g/mol. The molecule has 6 heteroatoms. The zero-order chi connectivity index (χ0) is 16.8. The number of piperidine rings is 2. The molecule has 2 aliphatic rings. The average Bonchev–Trinajstić information content (AvgIpc) is 2.67. The minimum absolute atomic E-state index is 0. The van der Waals surface area contributed by atoms with Crippen LogP contribution in [-0.2, 0) is 11.3 Å². The molecule has 138 valence electrons. The number of rotatable bonds is 4. The van der Waals surface area contributed by atoms with E-state index in [9.17, 15) is 9.59 Å². The van der Waals surface area contributed by atoms with Gasteiger partial charge in [0.25, 0.3) is 5.91 Å². The van der Waals surface area contributed by atoms with Gasteiger partial charge in [0.2, 0.25) is 5.91 Å². The van der Waals surface area contributed by atoms with Gasteiger partial charge in [-0.05, 0) is 62.9 Å². The number of nitrogens with one attached hydrogen (secondary N) is 2. The Bertz CT molecular complexity index is 565. The second-order valence-corrected chi connectivity index (χ2v) is 6.79. The van der Waals surface area contributed by atoms with Crippen LogP contribution in [0.2, 0.25) is 0 Å². The van der Waals surface area contributed by atoms with Crippen molar-refractivity contribution < 1.29 is 9.59 Å². The van der Waals surface area contributed by atoms with E-state index < -0.39 is 0 Å². The van der Waals surface area contributed by atoms with Gasteiger partial charge in [0.15, 0.2) is 0 Å². The Morgan fingerprint density at radius 3 is 2.32 bits per heavy atom. The fraction of sp³-hybridized carbons (Fsp3) is 0.579. The molecule has 2 saturated heterocycles. The first-order valence-electron chi connectivity index (χ1n) is 9.11. The smallest absolute Gasteiger partial charge is 0.253 e. The summed E-state index contributed by atoms with van der Waals surface area (Å²) >= 11 is 0. The Hall–Kier alpha value is -1.59. The molecule has 1 aromatic carbocycles. The van der Waals surface area contributed by atoms with Gasteiger partial charge in [0.05, 0.1) is 0 Å². The maximum atomic E-state index is 12.4. The standard InChI is InChI=1S/C19H27N3O2.ClH/c23-18(16-8-10-20-11-9-16)21-14-15-4-6-17(7-5-15)19(24)22-12-2-1-3-13-22;/h4-7,16,20H,1-3,8-14H2,(H,21,23);1H. The van der Waals surface area contributed by atoms with E-state index >= 15 is 0 Å². The fourth-order valence-electron chi connectivity index (χ4n) is 3.46. The van der Waals surface area contributed by atoms with E-state index in [4.69, 9.17) is 0 Å². The quantitative estimate of drug-likeness (QED) is 0.861. The van der Waals surface area contributed by atoms with E-state index in [-0.39, 0.29) is 30.1 Å². The molecule has 0 aliphatic carbocycles. The summed E-state index contributed by atoms with van der Waals surface area (Å²) in [6, 6.07) is 7.64. The summed E-state index contributed by atoms with van der Waals surface area (Å²) in [6.07, 6.45) is 5.25. The van der Waals surface area contributed by atoms with Crippen molar-refractivity contribution in [3.8, 4) is 0 Å². The van der Waals surface area contributed by atoms with Gasteiger partial charge in [0, 0.05) is 31.1 Å². The predicted molar refractivity (Wildman–Crippen MR) is 101 cm³/mol. The molecule has 0 atom stereocenters. The summed E-state index contributed by atoms with van der Waals surface area (Å²) in [5.41, 5.74) is 1.78. The maximum Gasteiger partial charge on any atom is 0.253 e. The number of halogens is 1. The second kappa shape index (κ2) is 9.78. The van der Waals surface area contributed by atoms with Gasteiger partial charge < -0.3 is 15.5 Å². The van der Waals surface area contributed by atoms with Gasteiger partial charge in [-0.3, -0.25) is 9.59 Å². The summed E-state index contributed by atoms with van der Waals surface area (Å²) < 4.78 is 0. The van der Waals surface area contributed by atoms with Crippen LogP contribution >= 0.6 is 12.4 Å². The molecule has 1 aromatic rings. The van der Waals surface area contributed by atoms with Crippen molar-refractivity contribution in [3.63, 3.8) is 0 Å². The summed E-state index contributed by atoms with van der Waals surface area (Å²) in [5.74, 6) is 0.399. The van der Waals surface area contributed by atoms with Crippen molar-refractivity contribution in [3.05, 3.63) is 35.4 Å². The Kier molecular flexibility index (Phi) is 7.72. The number of nitrogens with zero attached hydrogens (tertiary/aromatic N) is 1. The van der Waals surface area contributed by atoms with E-state index in [2.05, 4.69) is 10.6 Å². The minimum Gasteiger partial charge on any atom is -0.352 e. The molecule has 0 saturated carbocycles. The van der Waals surface area contributed by atoms with Gasteiger partial charge in [-0.15, -0.1) is 12.4 Å². The fourth-order valence-corrected chi connectivity index (χ4v) is 3.46. The highest BCUT2D eigenvalue weighted by atomic mass is 35.5. The highest BCUT2D eigenvalue weighted by Crippen LogP contribution is 2.15. The van der Waals surface area contributed by atoms with Crippen LogP contribution in [0.15, 0.2) is 24.3 Å². The normalized spacial score (nSPS) is 18.3. The van der Waals surface area contributed by atoms with Gasteiger partial charge in [-0.2, -0.15) is 0 Å². The van der Waals surface area contributed by atoms with Crippen LogP contribution in [-0.4, -0.2) is 42.9 Å². The molecular formula is C19H28ClN3O2. The lowest BCUT2D eigenvalue weighted by Gasteiger charge is -2.26. The Labute approximate surface area is 155 Å². The van der Waals surface area contributed by atoms with Crippen LogP contribution in [0, 0.1) is 5.92 Å². The van der Waals surface area contributed by atoms with Crippen molar-refractivity contribution >= 4 is 24.2 Å². The first kappa shape index (κ1) is 19.7. The van der Waals surface area contributed by atoms with Gasteiger partial charge in [-0.25, -0.2) is 0 Å². The lowest BCUT2D eigenvalue weighted by atomic mass is 9.97. The zero-order valence-electron chi connectivity index (χ0n) is 14.6. The topological polar surface area (TPSA) is 61.4 Å². The molecule has 0 unspecified atom stereocenters. The van der Waals surface area contributed by atoms with Crippen LogP contribution < -0.4 is 10.6 Å². The molecule has 25 heavy (non-hydrogen) atoms. The molecule has 0 radical (unpaired) electrons. The number of carbonyl (C=O) groups is 2. The molecule has 5 nitrogen and oxygen atoms in total.